The van der Waals surface area contributed by atoms with Gasteiger partial charge in [0, 0.05) is 26.4 Å². The number of aryl methyl sites for hydroxylation is 1. The van der Waals surface area contributed by atoms with Gasteiger partial charge >= 0.3 is 0 Å². The van der Waals surface area contributed by atoms with E-state index in [-0.39, 0.29) is 11.9 Å². The number of carbonyl (C=O) groups is 1. The molecule has 0 unspecified atom stereocenters. The van der Waals surface area contributed by atoms with Crippen molar-refractivity contribution in [2.45, 2.75) is 33.0 Å². The molecule has 8 heteroatoms. The van der Waals surface area contributed by atoms with Crippen molar-refractivity contribution < 1.29 is 9.53 Å². The highest BCUT2D eigenvalue weighted by Gasteiger charge is 2.33. The molecule has 0 aromatic carbocycles. The van der Waals surface area contributed by atoms with Crippen LogP contribution in [0.1, 0.15) is 25.7 Å². The molecule has 0 bridgehead atoms. The van der Waals surface area contributed by atoms with Crippen molar-refractivity contribution in [3.8, 4) is 11.5 Å². The van der Waals surface area contributed by atoms with Crippen LogP contribution in [0.5, 0.6) is 0 Å². The van der Waals surface area contributed by atoms with Crippen molar-refractivity contribution in [2.75, 3.05) is 20.3 Å². The van der Waals surface area contributed by atoms with Gasteiger partial charge in [0.2, 0.25) is 5.91 Å². The highest BCUT2D eigenvalue weighted by Crippen LogP contribution is 2.27. The lowest BCUT2D eigenvalue weighted by molar-refractivity contribution is -0.137. The van der Waals surface area contributed by atoms with Crippen molar-refractivity contribution in [3.63, 3.8) is 0 Å². The first-order chi connectivity index (χ1) is 10.7. The van der Waals surface area contributed by atoms with Crippen molar-refractivity contribution in [1.82, 2.24) is 29.4 Å². The standard InChI is InChI=1S/C14H20N6O2/c1-4-19-6-5-11(17-19)13-16-15-12-9-18(7-8-22-3)14(21)10(2)20(12)13/h5-6,10H,4,7-9H2,1-3H3/t10-/m0/s1. The molecule has 118 valence electrons. The van der Waals surface area contributed by atoms with Crippen LogP contribution in [0, 0.1) is 0 Å². The average Bonchev–Trinajstić information content (AvgIpc) is 3.15. The van der Waals surface area contributed by atoms with Crippen molar-refractivity contribution in [2.24, 2.45) is 0 Å². The number of aromatic nitrogens is 5. The van der Waals surface area contributed by atoms with E-state index in [0.29, 0.717) is 25.5 Å². The molecule has 22 heavy (non-hydrogen) atoms. The summed E-state index contributed by atoms with van der Waals surface area (Å²) in [6.45, 7) is 6.21. The number of methoxy groups -OCH3 is 1. The lowest BCUT2D eigenvalue weighted by Gasteiger charge is -2.31. The van der Waals surface area contributed by atoms with Crippen molar-refractivity contribution in [3.05, 3.63) is 18.1 Å². The maximum atomic E-state index is 12.5. The number of hydrogen-bond donors (Lipinski definition) is 0. The Hall–Kier alpha value is -2.22. The van der Waals surface area contributed by atoms with E-state index in [1.165, 1.54) is 0 Å². The first-order valence-electron chi connectivity index (χ1n) is 7.41. The van der Waals surface area contributed by atoms with E-state index in [1.807, 2.05) is 35.4 Å². The van der Waals surface area contributed by atoms with Crippen LogP contribution in [0.2, 0.25) is 0 Å². The molecule has 0 fully saturated rings. The number of ether oxygens (including phenoxy) is 1. The summed E-state index contributed by atoms with van der Waals surface area (Å²) in [5.41, 5.74) is 0.741. The van der Waals surface area contributed by atoms with Gasteiger partial charge in [-0.15, -0.1) is 10.2 Å². The lowest BCUT2D eigenvalue weighted by Crippen LogP contribution is -2.43. The fraction of sp³-hybridized carbons (Fsp3) is 0.571. The van der Waals surface area contributed by atoms with Crippen LogP contribution < -0.4 is 0 Å². The number of nitrogens with zero attached hydrogens (tertiary/aromatic N) is 6. The summed E-state index contributed by atoms with van der Waals surface area (Å²) in [5, 5.41) is 12.9. The van der Waals surface area contributed by atoms with Crippen LogP contribution in [0.4, 0.5) is 0 Å². The maximum Gasteiger partial charge on any atom is 0.245 e. The summed E-state index contributed by atoms with van der Waals surface area (Å²) in [6, 6.07) is 1.56. The zero-order valence-electron chi connectivity index (χ0n) is 13.1. The van der Waals surface area contributed by atoms with E-state index in [9.17, 15) is 4.79 Å². The van der Waals surface area contributed by atoms with Crippen LogP contribution in [0.15, 0.2) is 12.3 Å². The van der Waals surface area contributed by atoms with Crippen LogP contribution in [0.25, 0.3) is 11.5 Å². The summed E-state index contributed by atoms with van der Waals surface area (Å²) in [5.74, 6) is 1.49. The number of hydrogen-bond acceptors (Lipinski definition) is 5. The highest BCUT2D eigenvalue weighted by atomic mass is 16.5. The molecule has 2 aromatic rings. The zero-order chi connectivity index (χ0) is 15.7. The number of amides is 1. The minimum absolute atomic E-state index is 0.0560. The van der Waals surface area contributed by atoms with E-state index in [0.717, 1.165) is 18.1 Å². The fourth-order valence-corrected chi connectivity index (χ4v) is 2.68. The molecule has 0 spiro atoms. The second-order valence-electron chi connectivity index (χ2n) is 5.30. The van der Waals surface area contributed by atoms with Crippen LogP contribution in [-0.2, 0) is 22.6 Å². The predicted molar refractivity (Wildman–Crippen MR) is 78.9 cm³/mol. The molecular formula is C14H20N6O2. The zero-order valence-corrected chi connectivity index (χ0v) is 13.1. The third-order valence-corrected chi connectivity index (χ3v) is 3.91. The molecule has 0 saturated carbocycles. The van der Waals surface area contributed by atoms with Gasteiger partial charge in [0.15, 0.2) is 11.6 Å². The maximum absolute atomic E-state index is 12.5. The molecular weight excluding hydrogens is 284 g/mol. The highest BCUT2D eigenvalue weighted by molar-refractivity contribution is 5.81. The third-order valence-electron chi connectivity index (χ3n) is 3.91. The number of carbonyl (C=O) groups excluding carboxylic acids is 1. The van der Waals surface area contributed by atoms with Crippen LogP contribution in [0.3, 0.4) is 0 Å². The monoisotopic (exact) mass is 304 g/mol. The van der Waals surface area contributed by atoms with Crippen molar-refractivity contribution in [1.29, 1.82) is 0 Å². The molecule has 1 amide bonds. The molecule has 1 atom stereocenters. The Balaban J connectivity index is 1.93. The van der Waals surface area contributed by atoms with E-state index >= 15 is 0 Å². The Bertz CT molecular complexity index is 677. The first kappa shape index (κ1) is 14.7. The van der Waals surface area contributed by atoms with Gasteiger partial charge in [-0.25, -0.2) is 0 Å². The molecule has 2 aromatic heterocycles. The summed E-state index contributed by atoms with van der Waals surface area (Å²) < 4.78 is 8.77. The van der Waals surface area contributed by atoms with Crippen LogP contribution in [-0.4, -0.2) is 55.6 Å². The predicted octanol–water partition coefficient (Wildman–Crippen LogP) is 0.711. The van der Waals surface area contributed by atoms with E-state index in [1.54, 1.807) is 12.0 Å². The van der Waals surface area contributed by atoms with Crippen LogP contribution >= 0.6 is 0 Å². The molecule has 0 radical (unpaired) electrons. The van der Waals surface area contributed by atoms with Gasteiger partial charge in [-0.1, -0.05) is 0 Å². The van der Waals surface area contributed by atoms with Crippen molar-refractivity contribution >= 4 is 5.91 Å². The third kappa shape index (κ3) is 2.39. The summed E-state index contributed by atoms with van der Waals surface area (Å²) in [7, 11) is 1.63. The van der Waals surface area contributed by atoms with E-state index in [4.69, 9.17) is 4.74 Å². The Morgan fingerprint density at radius 1 is 1.41 bits per heavy atom. The molecule has 0 N–H and O–H groups in total. The molecule has 3 heterocycles. The summed E-state index contributed by atoms with van der Waals surface area (Å²) >= 11 is 0. The molecule has 8 nitrogen and oxygen atoms in total. The quantitative estimate of drug-likeness (QED) is 0.813. The Kier molecular flexibility index (Phi) is 3.93. The van der Waals surface area contributed by atoms with Gasteiger partial charge in [-0.05, 0) is 19.9 Å². The Labute approximate surface area is 128 Å². The molecule has 1 aliphatic heterocycles. The normalized spacial score (nSPS) is 17.9. The van der Waals surface area contributed by atoms with E-state index < -0.39 is 0 Å². The minimum Gasteiger partial charge on any atom is -0.383 e. The van der Waals surface area contributed by atoms with Gasteiger partial charge in [0.25, 0.3) is 0 Å². The number of fused-ring (bicyclic) bond motifs is 1. The van der Waals surface area contributed by atoms with Gasteiger partial charge in [-0.2, -0.15) is 5.10 Å². The van der Waals surface area contributed by atoms with E-state index in [2.05, 4.69) is 15.3 Å². The Morgan fingerprint density at radius 3 is 2.91 bits per heavy atom. The Morgan fingerprint density at radius 2 is 2.23 bits per heavy atom. The van der Waals surface area contributed by atoms with Gasteiger partial charge in [0.05, 0.1) is 13.2 Å². The summed E-state index contributed by atoms with van der Waals surface area (Å²) in [4.78, 5) is 14.3. The average molecular weight is 304 g/mol. The second kappa shape index (κ2) is 5.88. The summed E-state index contributed by atoms with van der Waals surface area (Å²) in [6.07, 6.45) is 1.90. The van der Waals surface area contributed by atoms with Gasteiger partial charge in [-0.3, -0.25) is 14.0 Å². The smallest absolute Gasteiger partial charge is 0.245 e. The lowest BCUT2D eigenvalue weighted by atomic mass is 10.2. The fourth-order valence-electron chi connectivity index (χ4n) is 2.68. The molecule has 0 aliphatic carbocycles. The number of rotatable bonds is 5. The molecule has 3 rings (SSSR count). The molecule has 1 aliphatic rings. The van der Waals surface area contributed by atoms with Gasteiger partial charge < -0.3 is 9.64 Å². The topological polar surface area (TPSA) is 78.1 Å². The molecule has 0 saturated heterocycles. The largest absolute Gasteiger partial charge is 0.383 e. The second-order valence-corrected chi connectivity index (χ2v) is 5.30. The SMILES string of the molecule is CCn1ccc(-c2nnc3n2[C@@H](C)C(=O)N(CCOC)C3)n1. The first-order valence-corrected chi connectivity index (χ1v) is 7.41. The minimum atomic E-state index is -0.336. The van der Waals surface area contributed by atoms with Gasteiger partial charge in [0.1, 0.15) is 11.7 Å².